The van der Waals surface area contributed by atoms with Crippen molar-refractivity contribution in [3.8, 4) is 0 Å². The van der Waals surface area contributed by atoms with E-state index in [1.54, 1.807) is 17.2 Å². The molecule has 0 aliphatic rings. The molecule has 0 aliphatic heterocycles. The predicted molar refractivity (Wildman–Crippen MR) is 92.2 cm³/mol. The summed E-state index contributed by atoms with van der Waals surface area (Å²) in [5.41, 5.74) is 2.50. The van der Waals surface area contributed by atoms with Crippen molar-refractivity contribution in [3.05, 3.63) is 66.3 Å². The molecule has 1 heterocycles. The molecule has 122 valence electrons. The van der Waals surface area contributed by atoms with Gasteiger partial charge < -0.3 is 14.8 Å². The summed E-state index contributed by atoms with van der Waals surface area (Å²) in [6.45, 7) is 10.0. The van der Waals surface area contributed by atoms with E-state index < -0.39 is 0 Å². The van der Waals surface area contributed by atoms with Crippen LogP contribution in [-0.4, -0.2) is 33.6 Å². The lowest BCUT2D eigenvalue weighted by Gasteiger charge is -2.21. The van der Waals surface area contributed by atoms with Gasteiger partial charge in [-0.15, -0.1) is 6.58 Å². The van der Waals surface area contributed by atoms with Crippen molar-refractivity contribution in [1.82, 2.24) is 19.8 Å². The molecule has 1 aromatic carbocycles. The maximum atomic E-state index is 12.1. The molecule has 1 N–H and O–H groups in total. The number of urea groups is 1. The van der Waals surface area contributed by atoms with Crippen molar-refractivity contribution in [3.63, 3.8) is 0 Å². The van der Waals surface area contributed by atoms with Crippen molar-refractivity contribution < 1.29 is 4.79 Å². The smallest absolute Gasteiger partial charge is 0.318 e. The van der Waals surface area contributed by atoms with E-state index in [1.165, 1.54) is 11.1 Å². The molecular formula is C18H24N4O. The molecule has 2 rings (SSSR count). The van der Waals surface area contributed by atoms with Crippen molar-refractivity contribution in [1.29, 1.82) is 0 Å². The minimum atomic E-state index is -0.0992. The molecule has 0 atom stereocenters. The summed E-state index contributed by atoms with van der Waals surface area (Å²) in [7, 11) is 0. The molecule has 0 radical (unpaired) electrons. The molecule has 0 bridgehead atoms. The highest BCUT2D eigenvalue weighted by Crippen LogP contribution is 2.12. The Morgan fingerprint density at radius 1 is 1.43 bits per heavy atom. The fourth-order valence-electron chi connectivity index (χ4n) is 2.42. The minimum absolute atomic E-state index is 0.0992. The quantitative estimate of drug-likeness (QED) is 0.799. The number of carbonyl (C=O) groups is 1. The summed E-state index contributed by atoms with van der Waals surface area (Å²) in [4.78, 5) is 18.2. The van der Waals surface area contributed by atoms with Crippen LogP contribution in [0, 0.1) is 6.92 Å². The van der Waals surface area contributed by atoms with Crippen molar-refractivity contribution in [2.45, 2.75) is 26.9 Å². The molecule has 0 saturated carbocycles. The second-order valence-corrected chi connectivity index (χ2v) is 5.40. The first-order valence-electron chi connectivity index (χ1n) is 7.83. The number of nitrogens with zero attached hydrogens (tertiary/aromatic N) is 3. The van der Waals surface area contributed by atoms with Gasteiger partial charge in [0.2, 0.25) is 0 Å². The summed E-state index contributed by atoms with van der Waals surface area (Å²) in [6, 6.07) is 8.19. The van der Waals surface area contributed by atoms with Crippen LogP contribution < -0.4 is 5.32 Å². The van der Waals surface area contributed by atoms with Gasteiger partial charge in [0.05, 0.1) is 6.54 Å². The first kappa shape index (κ1) is 16.8. The third-order valence-electron chi connectivity index (χ3n) is 3.70. The molecule has 0 saturated heterocycles. The first-order chi connectivity index (χ1) is 11.2. The Kier molecular flexibility index (Phi) is 5.97. The molecule has 2 aromatic rings. The van der Waals surface area contributed by atoms with Crippen LogP contribution in [0.2, 0.25) is 0 Å². The van der Waals surface area contributed by atoms with Crippen LogP contribution in [-0.2, 0) is 13.1 Å². The summed E-state index contributed by atoms with van der Waals surface area (Å²) in [5, 5.41) is 2.82. The zero-order valence-electron chi connectivity index (χ0n) is 13.8. The van der Waals surface area contributed by atoms with Crippen LogP contribution in [0.1, 0.15) is 23.9 Å². The lowest BCUT2D eigenvalue weighted by molar-refractivity contribution is 0.199. The van der Waals surface area contributed by atoms with E-state index in [9.17, 15) is 4.79 Å². The Balaban J connectivity index is 2.14. The second kappa shape index (κ2) is 8.17. The van der Waals surface area contributed by atoms with Gasteiger partial charge in [0.1, 0.15) is 5.82 Å². The maximum Gasteiger partial charge on any atom is 0.318 e. The number of aromatic nitrogens is 2. The average molecular weight is 312 g/mol. The largest absolute Gasteiger partial charge is 0.338 e. The van der Waals surface area contributed by atoms with E-state index in [2.05, 4.69) is 40.5 Å². The number of aryl methyl sites for hydroxylation is 1. The van der Waals surface area contributed by atoms with E-state index >= 15 is 0 Å². The topological polar surface area (TPSA) is 50.2 Å². The van der Waals surface area contributed by atoms with Crippen molar-refractivity contribution >= 4 is 6.03 Å². The van der Waals surface area contributed by atoms with E-state index in [1.807, 2.05) is 25.3 Å². The van der Waals surface area contributed by atoms with Crippen LogP contribution >= 0.6 is 0 Å². The average Bonchev–Trinajstić information content (AvgIpc) is 2.96. The minimum Gasteiger partial charge on any atom is -0.338 e. The fourth-order valence-corrected chi connectivity index (χ4v) is 2.42. The van der Waals surface area contributed by atoms with Gasteiger partial charge in [-0.3, -0.25) is 0 Å². The molecule has 2 amide bonds. The highest BCUT2D eigenvalue weighted by molar-refractivity contribution is 5.74. The number of nitrogens with one attached hydrogen (secondary N) is 1. The summed E-state index contributed by atoms with van der Waals surface area (Å²) >= 11 is 0. The van der Waals surface area contributed by atoms with Gasteiger partial charge in [-0.2, -0.15) is 0 Å². The standard InChI is InChI=1S/C18H24N4O/c1-4-11-22(18(23)19-5-2)14-17-20-10-12-21(17)13-16-9-7-6-8-15(16)3/h4,6-10,12H,1,5,11,13-14H2,2-3H3,(H,19,23). The van der Waals surface area contributed by atoms with Crippen LogP contribution in [0.4, 0.5) is 4.79 Å². The molecule has 5 heteroatoms. The zero-order chi connectivity index (χ0) is 16.7. The summed E-state index contributed by atoms with van der Waals surface area (Å²) in [6.07, 6.45) is 5.45. The van der Waals surface area contributed by atoms with Gasteiger partial charge in [0, 0.05) is 32.0 Å². The third kappa shape index (κ3) is 4.45. The SMILES string of the molecule is C=CCN(Cc1nccn1Cc1ccccc1C)C(=O)NCC. The van der Waals surface area contributed by atoms with E-state index in [0.717, 1.165) is 12.4 Å². The van der Waals surface area contributed by atoms with Gasteiger partial charge in [-0.1, -0.05) is 30.3 Å². The number of benzene rings is 1. The monoisotopic (exact) mass is 312 g/mol. The molecule has 0 spiro atoms. The van der Waals surface area contributed by atoms with Crippen molar-refractivity contribution in [2.75, 3.05) is 13.1 Å². The number of carbonyl (C=O) groups excluding carboxylic acids is 1. The Labute approximate surface area is 137 Å². The number of rotatable bonds is 7. The van der Waals surface area contributed by atoms with Crippen LogP contribution in [0.3, 0.4) is 0 Å². The maximum absolute atomic E-state index is 12.1. The van der Waals surface area contributed by atoms with Gasteiger partial charge in [0.25, 0.3) is 0 Å². The second-order valence-electron chi connectivity index (χ2n) is 5.40. The number of hydrogen-bond acceptors (Lipinski definition) is 2. The molecule has 1 aromatic heterocycles. The Morgan fingerprint density at radius 3 is 2.91 bits per heavy atom. The summed E-state index contributed by atoms with van der Waals surface area (Å²) < 4.78 is 2.08. The van der Waals surface area contributed by atoms with E-state index in [4.69, 9.17) is 0 Å². The Bertz CT molecular complexity index is 663. The number of hydrogen-bond donors (Lipinski definition) is 1. The molecule has 23 heavy (non-hydrogen) atoms. The first-order valence-corrected chi connectivity index (χ1v) is 7.83. The highest BCUT2D eigenvalue weighted by Gasteiger charge is 2.15. The molecule has 5 nitrogen and oxygen atoms in total. The van der Waals surface area contributed by atoms with Gasteiger partial charge >= 0.3 is 6.03 Å². The van der Waals surface area contributed by atoms with Gasteiger partial charge in [-0.05, 0) is 25.0 Å². The Hall–Kier alpha value is -2.56. The van der Waals surface area contributed by atoms with Crippen LogP contribution in [0.25, 0.3) is 0 Å². The van der Waals surface area contributed by atoms with Gasteiger partial charge in [-0.25, -0.2) is 9.78 Å². The molecule has 0 aliphatic carbocycles. The van der Waals surface area contributed by atoms with Crippen LogP contribution in [0.5, 0.6) is 0 Å². The lowest BCUT2D eigenvalue weighted by atomic mass is 10.1. The lowest BCUT2D eigenvalue weighted by Crippen LogP contribution is -2.40. The van der Waals surface area contributed by atoms with Crippen LogP contribution in [0.15, 0.2) is 49.3 Å². The predicted octanol–water partition coefficient (Wildman–Crippen LogP) is 2.96. The zero-order valence-corrected chi connectivity index (χ0v) is 13.8. The van der Waals surface area contributed by atoms with Crippen molar-refractivity contribution in [2.24, 2.45) is 0 Å². The molecule has 0 fully saturated rings. The molecule has 0 unspecified atom stereocenters. The van der Waals surface area contributed by atoms with Gasteiger partial charge in [0.15, 0.2) is 0 Å². The molecular weight excluding hydrogens is 288 g/mol. The number of imidazole rings is 1. The van der Waals surface area contributed by atoms with E-state index in [0.29, 0.717) is 19.6 Å². The Morgan fingerprint density at radius 2 is 2.22 bits per heavy atom. The highest BCUT2D eigenvalue weighted by atomic mass is 16.2. The number of amides is 2. The third-order valence-corrected chi connectivity index (χ3v) is 3.70. The fraction of sp³-hybridized carbons (Fsp3) is 0.333. The normalized spacial score (nSPS) is 10.3. The summed E-state index contributed by atoms with van der Waals surface area (Å²) in [5.74, 6) is 0.862. The van der Waals surface area contributed by atoms with E-state index in [-0.39, 0.29) is 6.03 Å².